The minimum absolute atomic E-state index is 0.552. The highest BCUT2D eigenvalue weighted by atomic mass is 16.5. The van der Waals surface area contributed by atoms with Crippen LogP contribution >= 0.6 is 0 Å². The van der Waals surface area contributed by atoms with E-state index >= 15 is 0 Å². The lowest BCUT2D eigenvalue weighted by atomic mass is 10.1. The predicted octanol–water partition coefficient (Wildman–Crippen LogP) is 3.43. The largest absolute Gasteiger partial charge is 0.490 e. The molecule has 0 amide bonds. The van der Waals surface area contributed by atoms with Gasteiger partial charge in [0.15, 0.2) is 11.5 Å². The molecule has 0 saturated carbocycles. The van der Waals surface area contributed by atoms with Gasteiger partial charge < -0.3 is 14.8 Å². The van der Waals surface area contributed by atoms with Crippen molar-refractivity contribution in [2.75, 3.05) is 20.2 Å². The molecule has 0 spiro atoms. The van der Waals surface area contributed by atoms with Crippen LogP contribution in [-0.2, 0) is 13.0 Å². The van der Waals surface area contributed by atoms with Crippen LogP contribution in [0.4, 0.5) is 0 Å². The normalized spacial score (nSPS) is 10.4. The van der Waals surface area contributed by atoms with Crippen molar-refractivity contribution in [2.45, 2.75) is 20.0 Å². The van der Waals surface area contributed by atoms with Crippen molar-refractivity contribution in [3.8, 4) is 11.5 Å². The minimum Gasteiger partial charge on any atom is -0.490 e. The van der Waals surface area contributed by atoms with E-state index in [0.717, 1.165) is 30.0 Å². The number of hydrogen-bond acceptors (Lipinski definition) is 3. The molecular formula is C18H23NO2. The summed E-state index contributed by atoms with van der Waals surface area (Å²) in [6, 6.07) is 16.3. The molecule has 3 nitrogen and oxygen atoms in total. The summed E-state index contributed by atoms with van der Waals surface area (Å²) in [5.41, 5.74) is 2.50. The molecule has 2 rings (SSSR count). The average Bonchev–Trinajstić information content (AvgIpc) is 2.53. The predicted molar refractivity (Wildman–Crippen MR) is 86.0 cm³/mol. The average molecular weight is 285 g/mol. The number of benzene rings is 2. The molecule has 0 unspecified atom stereocenters. The SMILES string of the molecule is CCOc1ccccc1OCc1ccc(CCNC)cc1. The second-order valence-electron chi connectivity index (χ2n) is 4.84. The fourth-order valence-electron chi connectivity index (χ4n) is 2.08. The maximum atomic E-state index is 5.86. The molecule has 3 heteroatoms. The summed E-state index contributed by atoms with van der Waals surface area (Å²) in [6.45, 7) is 4.16. The van der Waals surface area contributed by atoms with Crippen LogP contribution in [0.25, 0.3) is 0 Å². The first kappa shape index (κ1) is 15.4. The van der Waals surface area contributed by atoms with Gasteiger partial charge in [-0.15, -0.1) is 0 Å². The van der Waals surface area contributed by atoms with Crippen molar-refractivity contribution in [1.82, 2.24) is 5.32 Å². The van der Waals surface area contributed by atoms with Gasteiger partial charge in [0.25, 0.3) is 0 Å². The summed E-state index contributed by atoms with van der Waals surface area (Å²) in [7, 11) is 1.97. The molecule has 0 fully saturated rings. The van der Waals surface area contributed by atoms with E-state index in [-0.39, 0.29) is 0 Å². The summed E-state index contributed by atoms with van der Waals surface area (Å²) in [4.78, 5) is 0. The lowest BCUT2D eigenvalue weighted by Crippen LogP contribution is -2.10. The Labute approximate surface area is 126 Å². The Morgan fingerprint density at radius 1 is 0.857 bits per heavy atom. The molecular weight excluding hydrogens is 262 g/mol. The monoisotopic (exact) mass is 285 g/mol. The molecule has 0 atom stereocenters. The Bertz CT molecular complexity index is 537. The van der Waals surface area contributed by atoms with Crippen LogP contribution in [-0.4, -0.2) is 20.2 Å². The first-order valence-electron chi connectivity index (χ1n) is 7.40. The highest BCUT2D eigenvalue weighted by Crippen LogP contribution is 2.27. The van der Waals surface area contributed by atoms with Crippen LogP contribution in [0.15, 0.2) is 48.5 Å². The van der Waals surface area contributed by atoms with Crippen molar-refractivity contribution >= 4 is 0 Å². The van der Waals surface area contributed by atoms with E-state index in [1.807, 2.05) is 38.2 Å². The number of hydrogen-bond donors (Lipinski definition) is 1. The van der Waals surface area contributed by atoms with E-state index in [9.17, 15) is 0 Å². The fourth-order valence-corrected chi connectivity index (χ4v) is 2.08. The zero-order valence-corrected chi connectivity index (χ0v) is 12.8. The maximum absolute atomic E-state index is 5.86. The molecule has 112 valence electrons. The highest BCUT2D eigenvalue weighted by molar-refractivity contribution is 5.39. The van der Waals surface area contributed by atoms with Gasteiger partial charge in [-0.05, 0) is 50.2 Å². The van der Waals surface area contributed by atoms with Crippen molar-refractivity contribution < 1.29 is 9.47 Å². The number of para-hydroxylation sites is 2. The minimum atomic E-state index is 0.552. The van der Waals surface area contributed by atoms with Gasteiger partial charge >= 0.3 is 0 Å². The summed E-state index contributed by atoms with van der Waals surface area (Å²) >= 11 is 0. The lowest BCUT2D eigenvalue weighted by molar-refractivity contribution is 0.269. The van der Waals surface area contributed by atoms with Gasteiger partial charge in [0.05, 0.1) is 6.61 Å². The van der Waals surface area contributed by atoms with E-state index in [0.29, 0.717) is 13.2 Å². The fraction of sp³-hybridized carbons (Fsp3) is 0.333. The molecule has 2 aromatic carbocycles. The first-order chi connectivity index (χ1) is 10.3. The van der Waals surface area contributed by atoms with Crippen molar-refractivity contribution in [3.05, 3.63) is 59.7 Å². The van der Waals surface area contributed by atoms with Gasteiger partial charge in [0.2, 0.25) is 0 Å². The van der Waals surface area contributed by atoms with E-state index in [2.05, 4.69) is 29.6 Å². The summed E-state index contributed by atoms with van der Waals surface area (Å²) in [5, 5.41) is 3.16. The molecule has 2 aromatic rings. The van der Waals surface area contributed by atoms with Crippen LogP contribution in [0.2, 0.25) is 0 Å². The Morgan fingerprint density at radius 2 is 1.48 bits per heavy atom. The Balaban J connectivity index is 1.93. The Kier molecular flexibility index (Phi) is 6.10. The molecule has 0 aliphatic heterocycles. The zero-order valence-electron chi connectivity index (χ0n) is 12.8. The number of likely N-dealkylation sites (N-methyl/N-ethyl adjacent to an activating group) is 1. The smallest absolute Gasteiger partial charge is 0.161 e. The highest BCUT2D eigenvalue weighted by Gasteiger charge is 2.03. The van der Waals surface area contributed by atoms with E-state index < -0.39 is 0 Å². The molecule has 0 aromatic heterocycles. The van der Waals surface area contributed by atoms with Gasteiger partial charge in [-0.3, -0.25) is 0 Å². The van der Waals surface area contributed by atoms with Crippen LogP contribution in [0.1, 0.15) is 18.1 Å². The van der Waals surface area contributed by atoms with Gasteiger partial charge in [-0.25, -0.2) is 0 Å². The second-order valence-corrected chi connectivity index (χ2v) is 4.84. The van der Waals surface area contributed by atoms with Crippen molar-refractivity contribution in [1.29, 1.82) is 0 Å². The molecule has 0 aliphatic carbocycles. The third-order valence-electron chi connectivity index (χ3n) is 3.23. The van der Waals surface area contributed by atoms with Gasteiger partial charge in [0.1, 0.15) is 6.61 Å². The molecule has 0 aliphatic rings. The maximum Gasteiger partial charge on any atom is 0.161 e. The standard InChI is InChI=1S/C18H23NO2/c1-3-20-17-6-4-5-7-18(17)21-14-16-10-8-15(9-11-16)12-13-19-2/h4-11,19H,3,12-14H2,1-2H3. The number of ether oxygens (including phenoxy) is 2. The van der Waals surface area contributed by atoms with Crippen LogP contribution in [0.3, 0.4) is 0 Å². The van der Waals surface area contributed by atoms with E-state index in [4.69, 9.17) is 9.47 Å². The molecule has 0 bridgehead atoms. The van der Waals surface area contributed by atoms with E-state index in [1.165, 1.54) is 5.56 Å². The van der Waals surface area contributed by atoms with Gasteiger partial charge in [0, 0.05) is 0 Å². The topological polar surface area (TPSA) is 30.5 Å². The molecule has 21 heavy (non-hydrogen) atoms. The molecule has 0 saturated heterocycles. The molecule has 0 heterocycles. The van der Waals surface area contributed by atoms with Crippen LogP contribution < -0.4 is 14.8 Å². The third-order valence-corrected chi connectivity index (χ3v) is 3.23. The van der Waals surface area contributed by atoms with Crippen LogP contribution in [0.5, 0.6) is 11.5 Å². The Morgan fingerprint density at radius 3 is 2.10 bits per heavy atom. The summed E-state index contributed by atoms with van der Waals surface area (Å²) < 4.78 is 11.4. The molecule has 0 radical (unpaired) electrons. The van der Waals surface area contributed by atoms with Gasteiger partial charge in [-0.1, -0.05) is 36.4 Å². The molecule has 1 N–H and O–H groups in total. The van der Waals surface area contributed by atoms with Crippen molar-refractivity contribution in [3.63, 3.8) is 0 Å². The second kappa shape index (κ2) is 8.32. The number of nitrogens with one attached hydrogen (secondary N) is 1. The quantitative estimate of drug-likeness (QED) is 0.806. The third kappa shape index (κ3) is 4.80. The zero-order chi connectivity index (χ0) is 14.9. The summed E-state index contributed by atoms with van der Waals surface area (Å²) in [5.74, 6) is 1.59. The van der Waals surface area contributed by atoms with Crippen molar-refractivity contribution in [2.24, 2.45) is 0 Å². The lowest BCUT2D eigenvalue weighted by Gasteiger charge is -2.11. The first-order valence-corrected chi connectivity index (χ1v) is 7.40. The summed E-state index contributed by atoms with van der Waals surface area (Å²) in [6.07, 6.45) is 1.05. The van der Waals surface area contributed by atoms with Crippen LogP contribution in [0, 0.1) is 0 Å². The van der Waals surface area contributed by atoms with Gasteiger partial charge in [-0.2, -0.15) is 0 Å². The van der Waals surface area contributed by atoms with E-state index in [1.54, 1.807) is 0 Å². The Hall–Kier alpha value is -2.00. The number of rotatable bonds is 8.